The van der Waals surface area contributed by atoms with Crippen molar-refractivity contribution in [2.45, 2.75) is 33.1 Å². The maximum Gasteiger partial charge on any atom is 5.00 e. The Morgan fingerprint density at radius 2 is 0.740 bits per heavy atom. The van der Waals surface area contributed by atoms with Gasteiger partial charge in [-0.25, -0.2) is 0 Å². The van der Waals surface area contributed by atoms with Gasteiger partial charge in [0.1, 0.15) is 0 Å². The first kappa shape index (κ1) is 47.1. The Hall–Kier alpha value is -2.91. The summed E-state index contributed by atoms with van der Waals surface area (Å²) in [5.41, 5.74) is 4.54. The predicted molar refractivity (Wildman–Crippen MR) is 165 cm³/mol. The van der Waals surface area contributed by atoms with Gasteiger partial charge in [0.25, 0.3) is 0 Å². The molecule has 0 unspecified atom stereocenters. The molecule has 0 amide bonds. The Bertz CT molecular complexity index is 1280. The molecule has 0 spiro atoms. The molecule has 0 saturated heterocycles. The summed E-state index contributed by atoms with van der Waals surface area (Å²) in [6, 6.07) is 28.9. The quantitative estimate of drug-likeness (QED) is 0.0854. The van der Waals surface area contributed by atoms with Crippen LogP contribution in [0.2, 0.25) is 0 Å². The van der Waals surface area contributed by atoms with E-state index in [-0.39, 0.29) is 23.7 Å². The third-order valence-corrected chi connectivity index (χ3v) is 5.32. The number of aromatic nitrogens is 3. The molecule has 6 nitrogen and oxygen atoms in total. The molecule has 50 heavy (non-hydrogen) atoms. The average Bonchev–Trinajstić information content (AvgIpc) is 2.95. The average molecular weight is 814 g/mol. The monoisotopic (exact) mass is 814 g/mol. The summed E-state index contributed by atoms with van der Waals surface area (Å²) in [5, 5.41) is 8.93. The first-order valence-corrected chi connectivity index (χ1v) is 18.1. The first-order valence-electron chi connectivity index (χ1n) is 14.1. The van der Waals surface area contributed by atoms with Crippen molar-refractivity contribution in [2.75, 3.05) is 19.7 Å². The molecule has 0 saturated carbocycles. The summed E-state index contributed by atoms with van der Waals surface area (Å²) in [5.74, 6) is 0. The van der Waals surface area contributed by atoms with Gasteiger partial charge in [0.05, 0.1) is 17.1 Å². The van der Waals surface area contributed by atoms with Crippen LogP contribution in [0.25, 0.3) is 0 Å². The van der Waals surface area contributed by atoms with Crippen molar-refractivity contribution >= 4 is 15.6 Å². The van der Waals surface area contributed by atoms with Crippen LogP contribution in [0.1, 0.15) is 29.6 Å². The number of nitrogens with zero attached hydrogens (tertiary/aromatic N) is 5. The Morgan fingerprint density at radius 3 is 1.00 bits per heavy atom. The summed E-state index contributed by atoms with van der Waals surface area (Å²) in [7, 11) is -21.3. The van der Waals surface area contributed by atoms with Gasteiger partial charge in [0, 0.05) is 57.9 Å². The first-order chi connectivity index (χ1) is 22.2. The van der Waals surface area contributed by atoms with Crippen LogP contribution in [0.4, 0.5) is 50.4 Å². The van der Waals surface area contributed by atoms with E-state index in [1.165, 1.54) is 5.56 Å². The van der Waals surface area contributed by atoms with E-state index in [9.17, 15) is 50.4 Å². The van der Waals surface area contributed by atoms with Crippen LogP contribution >= 0.6 is 15.6 Å². The van der Waals surface area contributed by atoms with Gasteiger partial charge in [-0.2, -0.15) is 0 Å². The van der Waals surface area contributed by atoms with Crippen LogP contribution in [0, 0.1) is 0 Å². The molecule has 0 bridgehead atoms. The van der Waals surface area contributed by atoms with E-state index >= 15 is 0 Å². The smallest absolute Gasteiger partial charge is 0.292 e. The summed E-state index contributed by atoms with van der Waals surface area (Å²) in [6.45, 7) is 6.69. The molecule has 4 rings (SSSR count). The van der Waals surface area contributed by atoms with Crippen molar-refractivity contribution in [1.29, 1.82) is 0 Å². The van der Waals surface area contributed by atoms with Crippen LogP contribution in [0.5, 0.6) is 0 Å². The van der Waals surface area contributed by atoms with Crippen molar-refractivity contribution in [3.05, 3.63) is 126 Å². The molecule has 0 aliphatic heterocycles. The minimum Gasteiger partial charge on any atom is -0.292 e. The molecule has 0 atom stereocenters. The summed E-state index contributed by atoms with van der Waals surface area (Å²) < 4.78 is 118. The van der Waals surface area contributed by atoms with Gasteiger partial charge < -0.3 is 5.11 Å². The summed E-state index contributed by atoms with van der Waals surface area (Å²) >= 11 is 0. The molecule has 4 aromatic rings. The van der Waals surface area contributed by atoms with Crippen molar-refractivity contribution in [1.82, 2.24) is 24.8 Å². The molecule has 3 aromatic heterocycles. The Balaban J connectivity index is 0.00000111. The van der Waals surface area contributed by atoms with E-state index in [1.807, 2.05) is 48.9 Å². The van der Waals surface area contributed by atoms with Gasteiger partial charge in [-0.15, -0.1) is 6.61 Å². The Kier molecular flexibility index (Phi) is 17.0. The van der Waals surface area contributed by atoms with E-state index in [4.69, 9.17) is 5.11 Å². The van der Waals surface area contributed by atoms with E-state index in [0.717, 1.165) is 56.4 Å². The molecule has 0 N–H and O–H groups in total. The molecule has 0 aliphatic carbocycles. The normalized spacial score (nSPS) is 14.0. The predicted octanol–water partition coefficient (Wildman–Crippen LogP) is 10.7. The van der Waals surface area contributed by atoms with Gasteiger partial charge in [-0.1, -0.05) is 55.5 Å². The van der Waals surface area contributed by atoms with Crippen molar-refractivity contribution in [3.8, 4) is 0 Å². The van der Waals surface area contributed by atoms with E-state index in [0.29, 0.717) is 0 Å². The van der Waals surface area contributed by atoms with Crippen LogP contribution < -0.4 is 5.11 Å². The second-order valence-electron chi connectivity index (χ2n) is 10.1. The number of rotatable bonds is 11. The van der Waals surface area contributed by atoms with Crippen LogP contribution in [-0.4, -0.2) is 44.4 Å². The second-order valence-corrected chi connectivity index (χ2v) is 13.9. The van der Waals surface area contributed by atoms with Gasteiger partial charge >= 0.3 is 83.0 Å². The number of pyridine rings is 3. The van der Waals surface area contributed by atoms with E-state index in [1.54, 1.807) is 6.92 Å². The Labute approximate surface area is 291 Å². The van der Waals surface area contributed by atoms with Gasteiger partial charge in [0.15, 0.2) is 0 Å². The van der Waals surface area contributed by atoms with Gasteiger partial charge in [0.2, 0.25) is 0 Å². The molecule has 1 radical (unpaired) electrons. The number of hydrogen-bond donors (Lipinski definition) is 0. The Morgan fingerprint density at radius 1 is 0.480 bits per heavy atom. The zero-order valence-corrected chi connectivity index (χ0v) is 29.1. The van der Waals surface area contributed by atoms with Gasteiger partial charge in [-0.3, -0.25) is 24.8 Å². The molecular formula is C29H34F12FeN5OP2+2. The molecule has 0 aliphatic rings. The second kappa shape index (κ2) is 18.0. The summed E-state index contributed by atoms with van der Waals surface area (Å²) in [4.78, 5) is 18.5. The fourth-order valence-electron chi connectivity index (χ4n) is 3.71. The van der Waals surface area contributed by atoms with Gasteiger partial charge in [-0.05, 0) is 42.0 Å². The van der Waals surface area contributed by atoms with Crippen LogP contribution in [-0.2, 0) is 43.2 Å². The van der Waals surface area contributed by atoms with Crippen molar-refractivity contribution < 1.29 is 72.5 Å². The largest absolute Gasteiger partial charge is 5.00 e. The molecular weight excluding hydrogens is 780 g/mol. The van der Waals surface area contributed by atoms with Crippen LogP contribution in [0.15, 0.2) is 104 Å². The van der Waals surface area contributed by atoms with E-state index < -0.39 is 15.6 Å². The SMILES string of the molecule is CC[O-].F[P-](F)(F)(F)(F)F.F[P-](F)(F)(F)(F)F.[Fe+5].c1ccc(CN(CCN(Cc2ccccn2)Cc2ccccn2)Cc2ccccn2)cc1. The number of benzene rings is 1. The summed E-state index contributed by atoms with van der Waals surface area (Å²) in [6.07, 6.45) is 5.58. The van der Waals surface area contributed by atoms with Crippen LogP contribution in [0.3, 0.4) is 0 Å². The fourth-order valence-corrected chi connectivity index (χ4v) is 3.71. The fraction of sp³-hybridized carbons (Fsp3) is 0.276. The minimum atomic E-state index is -10.7. The molecule has 3 heterocycles. The zero-order chi connectivity index (χ0) is 37.4. The maximum atomic E-state index is 9.87. The third-order valence-electron chi connectivity index (χ3n) is 5.32. The van der Waals surface area contributed by atoms with Crippen molar-refractivity contribution in [2.24, 2.45) is 0 Å². The molecule has 281 valence electrons. The number of hydrogen-bond acceptors (Lipinski definition) is 6. The third kappa shape index (κ3) is 34.9. The van der Waals surface area contributed by atoms with Crippen molar-refractivity contribution in [3.63, 3.8) is 0 Å². The topological polar surface area (TPSA) is 68.2 Å². The van der Waals surface area contributed by atoms with E-state index in [2.05, 4.69) is 79.3 Å². The number of halogens is 12. The molecule has 1 aromatic carbocycles. The minimum absolute atomic E-state index is 0. The standard InChI is InChI=1S/C27H29N5.C2H5O.2F6P.Fe/c1-2-10-24(11-3-1)20-31(21-25-12-4-7-15-28-25)18-19-32(22-26-13-5-8-16-29-26)23-27-14-6-9-17-30-27;1-2-3;2*1-7(2,3,4,5)6;/h1-17H,18-23H2;2H2,1H3;;;/q;3*-1;+5. The molecule has 0 fully saturated rings. The molecule has 21 heteroatoms. The zero-order valence-electron chi connectivity index (χ0n) is 26.2. The maximum absolute atomic E-state index is 10.7.